The fourth-order valence-corrected chi connectivity index (χ4v) is 0.822. The van der Waals surface area contributed by atoms with Crippen LogP contribution in [0.15, 0.2) is 18.5 Å². The van der Waals surface area contributed by atoms with Crippen LogP contribution < -0.4 is 5.73 Å². The van der Waals surface area contributed by atoms with Crippen LogP contribution in [0.25, 0.3) is 0 Å². The lowest BCUT2D eigenvalue weighted by Crippen LogP contribution is -2.21. The van der Waals surface area contributed by atoms with Gasteiger partial charge in [-0.3, -0.25) is 4.98 Å². The number of pyridine rings is 1. The molecule has 0 spiro atoms. The SMILES string of the molecule is Nc1ccncc1[C@H](O)C(F)(F)F. The van der Waals surface area contributed by atoms with Crippen LogP contribution in [0.3, 0.4) is 0 Å². The molecule has 13 heavy (non-hydrogen) atoms. The highest BCUT2D eigenvalue weighted by Gasteiger charge is 2.40. The van der Waals surface area contributed by atoms with E-state index in [0.29, 0.717) is 0 Å². The maximum absolute atomic E-state index is 12.0. The third kappa shape index (κ3) is 2.09. The Morgan fingerprint density at radius 2 is 2.08 bits per heavy atom. The smallest absolute Gasteiger partial charge is 0.398 e. The average Bonchev–Trinajstić information content (AvgIpc) is 2.02. The lowest BCUT2D eigenvalue weighted by molar-refractivity contribution is -0.206. The molecule has 1 aromatic heterocycles. The molecule has 3 nitrogen and oxygen atoms in total. The molecule has 0 amide bonds. The molecule has 0 aliphatic heterocycles. The van der Waals surface area contributed by atoms with Crippen LogP contribution in [-0.2, 0) is 0 Å². The van der Waals surface area contributed by atoms with Crippen molar-refractivity contribution in [2.45, 2.75) is 12.3 Å². The Labute approximate surface area is 72.0 Å². The second-order valence-electron chi connectivity index (χ2n) is 2.45. The first-order valence-corrected chi connectivity index (χ1v) is 3.37. The van der Waals surface area contributed by atoms with Crippen molar-refractivity contribution < 1.29 is 18.3 Å². The highest BCUT2D eigenvalue weighted by Crippen LogP contribution is 2.34. The first-order valence-electron chi connectivity index (χ1n) is 3.37. The Kier molecular flexibility index (Phi) is 2.42. The van der Waals surface area contributed by atoms with E-state index < -0.39 is 17.8 Å². The van der Waals surface area contributed by atoms with Gasteiger partial charge < -0.3 is 10.8 Å². The van der Waals surface area contributed by atoms with Crippen molar-refractivity contribution in [3.8, 4) is 0 Å². The molecule has 0 fully saturated rings. The minimum atomic E-state index is -4.71. The average molecular weight is 192 g/mol. The van der Waals surface area contributed by atoms with Crippen molar-refractivity contribution in [3.63, 3.8) is 0 Å². The van der Waals surface area contributed by atoms with E-state index >= 15 is 0 Å². The van der Waals surface area contributed by atoms with Crippen molar-refractivity contribution in [3.05, 3.63) is 24.0 Å². The lowest BCUT2D eigenvalue weighted by atomic mass is 10.1. The molecule has 6 heteroatoms. The Hall–Kier alpha value is -1.30. The van der Waals surface area contributed by atoms with Gasteiger partial charge in [0.15, 0.2) is 6.10 Å². The van der Waals surface area contributed by atoms with E-state index in [2.05, 4.69) is 4.98 Å². The summed E-state index contributed by atoms with van der Waals surface area (Å²) in [5, 5.41) is 8.79. The van der Waals surface area contributed by atoms with Gasteiger partial charge in [0.2, 0.25) is 0 Å². The summed E-state index contributed by atoms with van der Waals surface area (Å²) in [4.78, 5) is 3.44. The normalized spacial score (nSPS) is 14.2. The molecular formula is C7H7F3N2O. The molecule has 0 unspecified atom stereocenters. The summed E-state index contributed by atoms with van der Waals surface area (Å²) >= 11 is 0. The van der Waals surface area contributed by atoms with Crippen LogP contribution in [0.1, 0.15) is 11.7 Å². The van der Waals surface area contributed by atoms with Gasteiger partial charge in [0.05, 0.1) is 0 Å². The van der Waals surface area contributed by atoms with Gasteiger partial charge in [-0.1, -0.05) is 0 Å². The van der Waals surface area contributed by atoms with Crippen molar-refractivity contribution in [2.24, 2.45) is 0 Å². The fourth-order valence-electron chi connectivity index (χ4n) is 0.822. The van der Waals surface area contributed by atoms with Crippen LogP contribution in [0.2, 0.25) is 0 Å². The first-order chi connectivity index (χ1) is 5.93. The van der Waals surface area contributed by atoms with Crippen LogP contribution in [-0.4, -0.2) is 16.3 Å². The van der Waals surface area contributed by atoms with Crippen molar-refractivity contribution >= 4 is 5.69 Å². The van der Waals surface area contributed by atoms with Gasteiger partial charge in [-0.25, -0.2) is 0 Å². The zero-order valence-corrected chi connectivity index (χ0v) is 6.42. The van der Waals surface area contributed by atoms with E-state index in [1.54, 1.807) is 0 Å². The largest absolute Gasteiger partial charge is 0.418 e. The van der Waals surface area contributed by atoms with Crippen LogP contribution >= 0.6 is 0 Å². The molecule has 72 valence electrons. The molecule has 0 aromatic carbocycles. The Balaban J connectivity index is 3.02. The molecule has 0 bridgehead atoms. The quantitative estimate of drug-likeness (QED) is 0.704. The summed E-state index contributed by atoms with van der Waals surface area (Å²) in [6.07, 6.45) is -5.13. The first kappa shape index (κ1) is 9.79. The zero-order chi connectivity index (χ0) is 10.1. The number of alkyl halides is 3. The molecule has 0 radical (unpaired) electrons. The number of aliphatic hydroxyl groups is 1. The highest BCUT2D eigenvalue weighted by atomic mass is 19.4. The van der Waals surface area contributed by atoms with Crippen molar-refractivity contribution in [2.75, 3.05) is 5.73 Å². The van der Waals surface area contributed by atoms with Gasteiger partial charge in [0.1, 0.15) is 0 Å². The van der Waals surface area contributed by atoms with Crippen LogP contribution in [0, 0.1) is 0 Å². The number of aliphatic hydroxyl groups excluding tert-OH is 1. The lowest BCUT2D eigenvalue weighted by Gasteiger charge is -2.15. The fraction of sp³-hybridized carbons (Fsp3) is 0.286. The summed E-state index contributed by atoms with van der Waals surface area (Å²) in [7, 11) is 0. The van der Waals surface area contributed by atoms with E-state index in [9.17, 15) is 13.2 Å². The molecule has 1 aromatic rings. The predicted molar refractivity (Wildman–Crippen MR) is 39.7 cm³/mol. The molecule has 1 rings (SSSR count). The maximum atomic E-state index is 12.0. The van der Waals surface area contributed by atoms with Gasteiger partial charge in [0.25, 0.3) is 0 Å². The number of halogens is 3. The summed E-state index contributed by atoms with van der Waals surface area (Å²) in [6, 6.07) is 1.20. The molecule has 0 aliphatic carbocycles. The second-order valence-corrected chi connectivity index (χ2v) is 2.45. The van der Waals surface area contributed by atoms with E-state index in [1.807, 2.05) is 0 Å². The zero-order valence-electron chi connectivity index (χ0n) is 6.42. The van der Waals surface area contributed by atoms with Gasteiger partial charge in [0, 0.05) is 23.6 Å². The summed E-state index contributed by atoms with van der Waals surface area (Å²) in [6.45, 7) is 0. The molecule has 0 saturated heterocycles. The number of hydrogen-bond donors (Lipinski definition) is 2. The Bertz CT molecular complexity index is 300. The highest BCUT2D eigenvalue weighted by molar-refractivity contribution is 5.45. The van der Waals surface area contributed by atoms with Crippen LogP contribution in [0.5, 0.6) is 0 Å². The van der Waals surface area contributed by atoms with E-state index in [-0.39, 0.29) is 5.69 Å². The second kappa shape index (κ2) is 3.21. The number of aromatic nitrogens is 1. The van der Waals surface area contributed by atoms with Crippen molar-refractivity contribution in [1.29, 1.82) is 0 Å². The Morgan fingerprint density at radius 3 is 2.54 bits per heavy atom. The van der Waals surface area contributed by atoms with Gasteiger partial charge >= 0.3 is 6.18 Å². The molecule has 0 saturated carbocycles. The van der Waals surface area contributed by atoms with E-state index in [4.69, 9.17) is 10.8 Å². The van der Waals surface area contributed by atoms with Gasteiger partial charge in [-0.2, -0.15) is 13.2 Å². The predicted octanol–water partition coefficient (Wildman–Crippen LogP) is 1.26. The Morgan fingerprint density at radius 1 is 1.46 bits per heavy atom. The molecular weight excluding hydrogens is 185 g/mol. The standard InChI is InChI=1S/C7H7F3N2O/c8-7(9,10)6(13)4-3-12-2-1-5(4)11/h1-3,6,13H,(H2,11,12)/t6-/m0/s1. The number of nitrogens with zero attached hydrogens (tertiary/aromatic N) is 1. The van der Waals surface area contributed by atoms with Gasteiger partial charge in [-0.05, 0) is 6.07 Å². The number of hydrogen-bond acceptors (Lipinski definition) is 3. The van der Waals surface area contributed by atoms with E-state index in [1.165, 1.54) is 12.3 Å². The molecule has 1 heterocycles. The minimum absolute atomic E-state index is 0.125. The summed E-state index contributed by atoms with van der Waals surface area (Å²) in [5.74, 6) is 0. The van der Waals surface area contributed by atoms with E-state index in [0.717, 1.165) is 6.20 Å². The van der Waals surface area contributed by atoms with Crippen LogP contribution in [0.4, 0.5) is 18.9 Å². The summed E-state index contributed by atoms with van der Waals surface area (Å²) < 4.78 is 35.9. The number of rotatable bonds is 1. The number of anilines is 1. The molecule has 3 N–H and O–H groups in total. The van der Waals surface area contributed by atoms with Gasteiger partial charge in [-0.15, -0.1) is 0 Å². The maximum Gasteiger partial charge on any atom is 0.418 e. The number of nitrogen functional groups attached to an aromatic ring is 1. The molecule has 1 atom stereocenters. The third-order valence-electron chi connectivity index (χ3n) is 1.49. The summed E-state index contributed by atoms with van der Waals surface area (Å²) in [5.41, 5.74) is 4.67. The molecule has 0 aliphatic rings. The minimum Gasteiger partial charge on any atom is -0.398 e. The third-order valence-corrected chi connectivity index (χ3v) is 1.49. The monoisotopic (exact) mass is 192 g/mol. The van der Waals surface area contributed by atoms with Crippen molar-refractivity contribution in [1.82, 2.24) is 4.98 Å². The topological polar surface area (TPSA) is 59.1 Å². The number of nitrogens with two attached hydrogens (primary N) is 1.